The van der Waals surface area contributed by atoms with Crippen molar-refractivity contribution in [3.8, 4) is 28.4 Å². The highest BCUT2D eigenvalue weighted by molar-refractivity contribution is 5.86. The average Bonchev–Trinajstić information content (AvgIpc) is 3.26. The van der Waals surface area contributed by atoms with E-state index in [1.54, 1.807) is 12.1 Å². The molecule has 152 valence electrons. The number of halogens is 1. The molecule has 1 aromatic carbocycles. The van der Waals surface area contributed by atoms with Gasteiger partial charge in [0.25, 0.3) is 0 Å². The Morgan fingerprint density at radius 2 is 2.03 bits per heavy atom. The van der Waals surface area contributed by atoms with Crippen molar-refractivity contribution in [2.45, 2.75) is 64.9 Å². The second kappa shape index (κ2) is 8.68. The largest absolute Gasteiger partial charge is 0.474 e. The molecule has 1 atom stereocenters. The summed E-state index contributed by atoms with van der Waals surface area (Å²) >= 11 is 0. The summed E-state index contributed by atoms with van der Waals surface area (Å²) in [6, 6.07) is 6.67. The topological polar surface area (TPSA) is 76.6 Å². The quantitative estimate of drug-likeness (QED) is 0.615. The highest BCUT2D eigenvalue weighted by atomic mass is 19.1. The Bertz CT molecular complexity index is 974. The number of hydrogen-bond donors (Lipinski definition) is 1. The second-order valence-electron chi connectivity index (χ2n) is 7.50. The fourth-order valence-corrected chi connectivity index (χ4v) is 4.08. The molecule has 0 amide bonds. The summed E-state index contributed by atoms with van der Waals surface area (Å²) in [5.41, 5.74) is 4.62. The number of nitrogens with zero attached hydrogens (tertiary/aromatic N) is 4. The number of hydrogen-bond acceptors (Lipinski definition) is 5. The van der Waals surface area contributed by atoms with Crippen molar-refractivity contribution in [2.24, 2.45) is 0 Å². The van der Waals surface area contributed by atoms with E-state index in [9.17, 15) is 4.39 Å². The molecule has 2 heterocycles. The average molecular weight is 395 g/mol. The van der Waals surface area contributed by atoms with Gasteiger partial charge in [0.1, 0.15) is 11.9 Å². The molecule has 0 aliphatic heterocycles. The van der Waals surface area contributed by atoms with Crippen molar-refractivity contribution < 1.29 is 9.13 Å². The highest BCUT2D eigenvalue weighted by Gasteiger charge is 2.27. The van der Waals surface area contributed by atoms with Crippen LogP contribution in [0.4, 0.5) is 4.39 Å². The number of benzene rings is 1. The zero-order valence-electron chi connectivity index (χ0n) is 16.9. The molecule has 6 nitrogen and oxygen atoms in total. The van der Waals surface area contributed by atoms with Gasteiger partial charge in [0.15, 0.2) is 5.82 Å². The van der Waals surface area contributed by atoms with Crippen molar-refractivity contribution >= 4 is 0 Å². The minimum atomic E-state index is -0.273. The number of aryl methyl sites for hydroxylation is 1. The molecule has 4 rings (SSSR count). The molecule has 0 unspecified atom stereocenters. The summed E-state index contributed by atoms with van der Waals surface area (Å²) in [7, 11) is 0. The van der Waals surface area contributed by atoms with Crippen molar-refractivity contribution in [1.82, 2.24) is 25.6 Å². The normalized spacial score (nSPS) is 14.4. The third-order valence-electron chi connectivity index (χ3n) is 5.48. The Kier molecular flexibility index (Phi) is 5.83. The van der Waals surface area contributed by atoms with Crippen LogP contribution in [0.3, 0.4) is 0 Å². The lowest BCUT2D eigenvalue weighted by Gasteiger charge is -2.25. The maximum absolute atomic E-state index is 14.1. The van der Waals surface area contributed by atoms with Crippen LogP contribution in [-0.4, -0.2) is 31.7 Å². The van der Waals surface area contributed by atoms with Gasteiger partial charge in [-0.15, -0.1) is 5.10 Å². The van der Waals surface area contributed by atoms with Crippen LogP contribution in [-0.2, 0) is 12.8 Å². The van der Waals surface area contributed by atoms with Gasteiger partial charge in [-0.3, -0.25) is 0 Å². The van der Waals surface area contributed by atoms with Crippen LogP contribution in [0.2, 0.25) is 0 Å². The minimum absolute atomic E-state index is 0.0594. The first-order valence-electron chi connectivity index (χ1n) is 10.4. The van der Waals surface area contributed by atoms with Gasteiger partial charge >= 0.3 is 0 Å². The van der Waals surface area contributed by atoms with E-state index in [1.165, 1.54) is 6.07 Å². The van der Waals surface area contributed by atoms with Crippen LogP contribution in [0.15, 0.2) is 24.3 Å². The molecule has 0 spiro atoms. The molecule has 1 N–H and O–H groups in total. The van der Waals surface area contributed by atoms with Crippen molar-refractivity contribution in [1.29, 1.82) is 0 Å². The Hall–Kier alpha value is -2.83. The molecule has 0 saturated carbocycles. The summed E-state index contributed by atoms with van der Waals surface area (Å²) in [5.74, 6) is 0.751. The van der Waals surface area contributed by atoms with Gasteiger partial charge in [0, 0.05) is 11.3 Å². The van der Waals surface area contributed by atoms with Crippen LogP contribution in [0.25, 0.3) is 22.5 Å². The maximum Gasteiger partial charge on any atom is 0.225 e. The fraction of sp³-hybridized carbons (Fsp3) is 0.455. The van der Waals surface area contributed by atoms with Crippen LogP contribution in [0, 0.1) is 5.82 Å². The molecule has 7 heteroatoms. The monoisotopic (exact) mass is 395 g/mol. The number of aromatic nitrogens is 5. The first-order chi connectivity index (χ1) is 14.2. The van der Waals surface area contributed by atoms with Gasteiger partial charge in [-0.25, -0.2) is 14.5 Å². The molecule has 0 radical (unpaired) electrons. The third-order valence-corrected chi connectivity index (χ3v) is 5.48. The number of rotatable bonds is 7. The molecule has 0 bridgehead atoms. The molecular formula is C22H26FN5O. The highest BCUT2D eigenvalue weighted by Crippen LogP contribution is 2.43. The number of pyridine rings is 1. The van der Waals surface area contributed by atoms with E-state index in [4.69, 9.17) is 9.72 Å². The Morgan fingerprint density at radius 1 is 1.17 bits per heavy atom. The molecular weight excluding hydrogens is 369 g/mol. The molecule has 3 aromatic rings. The van der Waals surface area contributed by atoms with E-state index in [-0.39, 0.29) is 11.9 Å². The predicted octanol–water partition coefficient (Wildman–Crippen LogP) is 4.90. The summed E-state index contributed by atoms with van der Waals surface area (Å²) in [6.07, 6.45) is 6.89. The summed E-state index contributed by atoms with van der Waals surface area (Å²) in [6.45, 7) is 4.26. The lowest BCUT2D eigenvalue weighted by Crippen LogP contribution is -2.18. The standard InChI is InChI=1S/C22H26FN5O/c1-3-8-16(4-2)29-22-20(21-25-27-28-26-21)19(14-9-7-10-15(23)13-14)17-11-5-6-12-18(17)24-22/h7,9-10,13,16H,3-6,8,11-12H2,1-2H3,(H,25,26,27,28)/t16-/m1/s1. The summed E-state index contributed by atoms with van der Waals surface area (Å²) < 4.78 is 20.5. The minimum Gasteiger partial charge on any atom is -0.474 e. The lowest BCUT2D eigenvalue weighted by atomic mass is 9.86. The van der Waals surface area contributed by atoms with Crippen LogP contribution in [0.1, 0.15) is 57.2 Å². The molecule has 0 saturated heterocycles. The van der Waals surface area contributed by atoms with E-state index < -0.39 is 0 Å². The van der Waals surface area contributed by atoms with E-state index in [0.717, 1.165) is 72.9 Å². The number of aromatic amines is 1. The summed E-state index contributed by atoms with van der Waals surface area (Å²) in [5, 5.41) is 14.5. The van der Waals surface area contributed by atoms with Crippen LogP contribution in [0.5, 0.6) is 5.88 Å². The SMILES string of the molecule is CCC[C@@H](CC)Oc1nc2c(c(-c3cccc(F)c3)c1-c1nnn[nH]1)CCCC2. The zero-order chi connectivity index (χ0) is 20.2. The maximum atomic E-state index is 14.1. The van der Waals surface area contributed by atoms with Crippen molar-refractivity contribution in [3.63, 3.8) is 0 Å². The smallest absolute Gasteiger partial charge is 0.225 e. The number of fused-ring (bicyclic) bond motifs is 1. The van der Waals surface area contributed by atoms with E-state index in [1.807, 2.05) is 6.07 Å². The fourth-order valence-electron chi connectivity index (χ4n) is 4.08. The van der Waals surface area contributed by atoms with Gasteiger partial charge in [0.05, 0.1) is 5.56 Å². The number of H-pyrrole nitrogens is 1. The molecule has 1 aliphatic rings. The number of nitrogens with one attached hydrogen (secondary N) is 1. The molecule has 0 fully saturated rings. The van der Waals surface area contributed by atoms with Gasteiger partial charge in [0.2, 0.25) is 5.88 Å². The Morgan fingerprint density at radius 3 is 2.76 bits per heavy atom. The van der Waals surface area contributed by atoms with Crippen molar-refractivity contribution in [2.75, 3.05) is 0 Å². The zero-order valence-corrected chi connectivity index (χ0v) is 16.9. The van der Waals surface area contributed by atoms with E-state index >= 15 is 0 Å². The van der Waals surface area contributed by atoms with E-state index in [0.29, 0.717) is 11.7 Å². The molecule has 1 aliphatic carbocycles. The number of ether oxygens (including phenoxy) is 1. The van der Waals surface area contributed by atoms with Crippen LogP contribution >= 0.6 is 0 Å². The molecule has 29 heavy (non-hydrogen) atoms. The second-order valence-corrected chi connectivity index (χ2v) is 7.50. The van der Waals surface area contributed by atoms with Gasteiger partial charge in [-0.1, -0.05) is 32.4 Å². The van der Waals surface area contributed by atoms with Gasteiger partial charge in [-0.05, 0) is 72.2 Å². The van der Waals surface area contributed by atoms with Crippen LogP contribution < -0.4 is 4.74 Å². The van der Waals surface area contributed by atoms with Gasteiger partial charge in [-0.2, -0.15) is 0 Å². The van der Waals surface area contributed by atoms with Crippen molar-refractivity contribution in [3.05, 3.63) is 41.3 Å². The Balaban J connectivity index is 1.97. The van der Waals surface area contributed by atoms with Gasteiger partial charge < -0.3 is 4.74 Å². The third kappa shape index (κ3) is 3.99. The molecule has 2 aromatic heterocycles. The number of tetrazole rings is 1. The predicted molar refractivity (Wildman–Crippen MR) is 109 cm³/mol. The van der Waals surface area contributed by atoms with E-state index in [2.05, 4.69) is 34.5 Å². The first kappa shape index (κ1) is 19.5. The summed E-state index contributed by atoms with van der Waals surface area (Å²) in [4.78, 5) is 4.92. The Labute approximate surface area is 169 Å². The first-order valence-corrected chi connectivity index (χ1v) is 10.4. The lowest BCUT2D eigenvalue weighted by molar-refractivity contribution is 0.178.